The first kappa shape index (κ1) is 12.9. The van der Waals surface area contributed by atoms with E-state index in [0.29, 0.717) is 5.33 Å². The first-order valence-electron chi connectivity index (χ1n) is 5.56. The Morgan fingerprint density at radius 2 is 2.00 bits per heavy atom. The molecule has 0 bridgehead atoms. The molecule has 2 atom stereocenters. The lowest BCUT2D eigenvalue weighted by Gasteiger charge is -2.30. The van der Waals surface area contributed by atoms with Crippen molar-refractivity contribution in [1.82, 2.24) is 5.01 Å². The third-order valence-electron chi connectivity index (χ3n) is 2.91. The molecule has 0 spiro atoms. The van der Waals surface area contributed by atoms with E-state index >= 15 is 0 Å². The molecule has 0 N–H and O–H groups in total. The third kappa shape index (κ3) is 2.21. The number of hydrazine groups is 1. The van der Waals surface area contributed by atoms with E-state index in [2.05, 4.69) is 15.9 Å². The molecule has 1 saturated heterocycles. The molecular formula is C12H14BrClN2O. The minimum Gasteiger partial charge on any atom is -0.271 e. The summed E-state index contributed by atoms with van der Waals surface area (Å²) in [5.74, 6) is -0.0517. The summed E-state index contributed by atoms with van der Waals surface area (Å²) in [6, 6.07) is 9.61. The molecule has 17 heavy (non-hydrogen) atoms. The van der Waals surface area contributed by atoms with Gasteiger partial charge in [-0.15, -0.1) is 11.6 Å². The van der Waals surface area contributed by atoms with Crippen LogP contribution in [0.2, 0.25) is 0 Å². The summed E-state index contributed by atoms with van der Waals surface area (Å²) >= 11 is 9.60. The van der Waals surface area contributed by atoms with Crippen LogP contribution in [-0.4, -0.2) is 34.2 Å². The van der Waals surface area contributed by atoms with Crippen molar-refractivity contribution in [3.05, 3.63) is 30.3 Å². The number of rotatable bonds is 3. The largest absolute Gasteiger partial charge is 0.271 e. The number of benzene rings is 1. The molecule has 1 fully saturated rings. The molecular weight excluding hydrogens is 304 g/mol. The van der Waals surface area contributed by atoms with E-state index in [1.54, 1.807) is 5.01 Å². The summed E-state index contributed by atoms with van der Waals surface area (Å²) in [5, 5.41) is 3.88. The maximum atomic E-state index is 12.2. The van der Waals surface area contributed by atoms with Crippen molar-refractivity contribution in [3.63, 3.8) is 0 Å². The molecule has 3 nitrogen and oxygen atoms in total. The number of alkyl halides is 2. The number of hydrogen-bond acceptors (Lipinski definition) is 2. The van der Waals surface area contributed by atoms with Gasteiger partial charge < -0.3 is 0 Å². The molecule has 0 saturated carbocycles. The van der Waals surface area contributed by atoms with Crippen molar-refractivity contribution in [2.45, 2.75) is 18.3 Å². The second-order valence-electron chi connectivity index (χ2n) is 3.86. The summed E-state index contributed by atoms with van der Waals surface area (Å²) in [5.41, 5.74) is 0.869. The van der Waals surface area contributed by atoms with Gasteiger partial charge in [0, 0.05) is 11.9 Å². The van der Waals surface area contributed by atoms with Gasteiger partial charge in [0.05, 0.1) is 11.7 Å². The molecule has 1 aromatic rings. The lowest BCUT2D eigenvalue weighted by Crippen LogP contribution is -2.43. The SMILES string of the molecule is CCN1C(CBr)C(Cl)C(=O)N1c1ccccc1. The van der Waals surface area contributed by atoms with Gasteiger partial charge in [0.25, 0.3) is 5.91 Å². The van der Waals surface area contributed by atoms with E-state index in [-0.39, 0.29) is 11.9 Å². The normalized spacial score (nSPS) is 25.6. The fraction of sp³-hybridized carbons (Fsp3) is 0.417. The van der Waals surface area contributed by atoms with Gasteiger partial charge in [-0.3, -0.25) is 4.79 Å². The highest BCUT2D eigenvalue weighted by Crippen LogP contribution is 2.30. The highest BCUT2D eigenvalue weighted by atomic mass is 79.9. The Morgan fingerprint density at radius 3 is 2.53 bits per heavy atom. The molecule has 2 rings (SSSR count). The summed E-state index contributed by atoms with van der Waals surface area (Å²) < 4.78 is 0. The van der Waals surface area contributed by atoms with Gasteiger partial charge in [-0.25, -0.2) is 10.0 Å². The van der Waals surface area contributed by atoms with Crippen LogP contribution in [0.1, 0.15) is 6.92 Å². The number of para-hydroxylation sites is 1. The molecule has 1 aliphatic rings. The van der Waals surface area contributed by atoms with Crippen LogP contribution in [0, 0.1) is 0 Å². The van der Waals surface area contributed by atoms with Crippen LogP contribution in [0.3, 0.4) is 0 Å². The van der Waals surface area contributed by atoms with Crippen LogP contribution in [0.25, 0.3) is 0 Å². The first-order chi connectivity index (χ1) is 8.20. The Morgan fingerprint density at radius 1 is 1.35 bits per heavy atom. The molecule has 1 heterocycles. The Kier molecular flexibility index (Phi) is 4.07. The van der Waals surface area contributed by atoms with E-state index in [9.17, 15) is 4.79 Å². The number of carbonyl (C=O) groups is 1. The Balaban J connectivity index is 2.36. The maximum Gasteiger partial charge on any atom is 0.261 e. The fourth-order valence-corrected chi connectivity index (χ4v) is 3.32. The van der Waals surface area contributed by atoms with Gasteiger partial charge in [-0.1, -0.05) is 41.1 Å². The molecule has 1 aliphatic heterocycles. The van der Waals surface area contributed by atoms with Gasteiger partial charge in [-0.2, -0.15) is 0 Å². The number of halogens is 2. The van der Waals surface area contributed by atoms with Gasteiger partial charge >= 0.3 is 0 Å². The van der Waals surface area contributed by atoms with E-state index in [0.717, 1.165) is 12.2 Å². The predicted octanol–water partition coefficient (Wildman–Crippen LogP) is 2.64. The zero-order valence-electron chi connectivity index (χ0n) is 9.51. The van der Waals surface area contributed by atoms with Crippen molar-refractivity contribution < 1.29 is 4.79 Å². The highest BCUT2D eigenvalue weighted by Gasteiger charge is 2.44. The van der Waals surface area contributed by atoms with Crippen molar-refractivity contribution in [2.24, 2.45) is 0 Å². The van der Waals surface area contributed by atoms with Crippen LogP contribution >= 0.6 is 27.5 Å². The molecule has 1 aromatic carbocycles. The minimum atomic E-state index is -0.491. The predicted molar refractivity (Wildman–Crippen MR) is 73.5 cm³/mol. The van der Waals surface area contributed by atoms with Crippen LogP contribution in [0.5, 0.6) is 0 Å². The van der Waals surface area contributed by atoms with Crippen molar-refractivity contribution in [1.29, 1.82) is 0 Å². The summed E-state index contributed by atoms with van der Waals surface area (Å²) in [6.07, 6.45) is 0. The van der Waals surface area contributed by atoms with Crippen molar-refractivity contribution >= 4 is 39.1 Å². The van der Waals surface area contributed by atoms with Crippen molar-refractivity contribution in [2.75, 3.05) is 16.9 Å². The molecule has 1 amide bonds. The third-order valence-corrected chi connectivity index (χ3v) is 4.05. The molecule has 0 radical (unpaired) electrons. The average Bonchev–Trinajstić information content (AvgIpc) is 2.62. The van der Waals surface area contributed by atoms with Crippen LogP contribution in [-0.2, 0) is 4.79 Å². The Bertz CT molecular complexity index is 401. The van der Waals surface area contributed by atoms with Crippen molar-refractivity contribution in [3.8, 4) is 0 Å². The monoisotopic (exact) mass is 316 g/mol. The maximum absolute atomic E-state index is 12.2. The molecule has 0 aliphatic carbocycles. The number of nitrogens with zero attached hydrogens (tertiary/aromatic N) is 2. The standard InChI is InChI=1S/C12H14BrClN2O/c1-2-15-10(8-13)11(14)12(17)16(15)9-6-4-3-5-7-9/h3-7,10-11H,2,8H2,1H3. The minimum absolute atomic E-state index is 0.00868. The number of anilines is 1. The molecule has 5 heteroatoms. The van der Waals surface area contributed by atoms with Gasteiger partial charge in [0.15, 0.2) is 0 Å². The van der Waals surface area contributed by atoms with E-state index in [1.807, 2.05) is 42.3 Å². The number of amides is 1. The van der Waals surface area contributed by atoms with E-state index in [1.165, 1.54) is 0 Å². The van der Waals surface area contributed by atoms with Gasteiger partial charge in [0.2, 0.25) is 0 Å². The lowest BCUT2D eigenvalue weighted by atomic mass is 10.2. The number of carbonyl (C=O) groups excluding carboxylic acids is 1. The van der Waals surface area contributed by atoms with E-state index in [4.69, 9.17) is 11.6 Å². The molecule has 92 valence electrons. The molecule has 2 unspecified atom stereocenters. The average molecular weight is 318 g/mol. The van der Waals surface area contributed by atoms with Gasteiger partial charge in [-0.05, 0) is 12.1 Å². The summed E-state index contributed by atoms with van der Waals surface area (Å²) in [6.45, 7) is 2.77. The molecule has 0 aromatic heterocycles. The summed E-state index contributed by atoms with van der Waals surface area (Å²) in [7, 11) is 0. The Labute approximate surface area is 114 Å². The topological polar surface area (TPSA) is 23.6 Å². The second-order valence-corrected chi connectivity index (χ2v) is 4.98. The van der Waals surface area contributed by atoms with Crippen LogP contribution in [0.15, 0.2) is 30.3 Å². The quantitative estimate of drug-likeness (QED) is 0.800. The van der Waals surface area contributed by atoms with Gasteiger partial charge in [0.1, 0.15) is 5.38 Å². The van der Waals surface area contributed by atoms with Crippen LogP contribution < -0.4 is 5.01 Å². The zero-order valence-corrected chi connectivity index (χ0v) is 11.9. The lowest BCUT2D eigenvalue weighted by molar-refractivity contribution is -0.117. The second kappa shape index (κ2) is 5.38. The van der Waals surface area contributed by atoms with E-state index < -0.39 is 5.38 Å². The summed E-state index contributed by atoms with van der Waals surface area (Å²) in [4.78, 5) is 12.2. The first-order valence-corrected chi connectivity index (χ1v) is 7.12. The zero-order chi connectivity index (χ0) is 12.4. The number of hydrogen-bond donors (Lipinski definition) is 0. The Hall–Kier alpha value is -0.580. The highest BCUT2D eigenvalue weighted by molar-refractivity contribution is 9.09. The van der Waals surface area contributed by atoms with Crippen LogP contribution in [0.4, 0.5) is 5.69 Å². The fourth-order valence-electron chi connectivity index (χ4n) is 2.09. The smallest absolute Gasteiger partial charge is 0.261 e.